The van der Waals surface area contributed by atoms with Gasteiger partial charge in [0.1, 0.15) is 5.82 Å². The second-order valence-electron chi connectivity index (χ2n) is 10.4. The third kappa shape index (κ3) is 4.91. The molecule has 1 atom stereocenters. The number of fused-ring (bicyclic) bond motifs is 1. The Labute approximate surface area is 214 Å². The quantitative estimate of drug-likeness (QED) is 0.440. The largest absolute Gasteiger partial charge is 0.338 e. The highest BCUT2D eigenvalue weighted by Crippen LogP contribution is 2.27. The van der Waals surface area contributed by atoms with Crippen LogP contribution >= 0.6 is 11.6 Å². The molecule has 1 fully saturated rings. The molecule has 2 aromatic carbocycles. The molecule has 1 N–H and O–H groups in total. The number of nitrogens with one attached hydrogen (secondary N) is 1. The van der Waals surface area contributed by atoms with Gasteiger partial charge in [-0.25, -0.2) is 9.67 Å². The number of carbonyl (C=O) groups is 1. The summed E-state index contributed by atoms with van der Waals surface area (Å²) >= 11 is 6.12. The Balaban J connectivity index is 1.38. The molecule has 0 bridgehead atoms. The van der Waals surface area contributed by atoms with Gasteiger partial charge >= 0.3 is 0 Å². The fraction of sp³-hybridized carbons (Fsp3) is 0.370. The molecule has 1 saturated heterocycles. The first-order valence-electron chi connectivity index (χ1n) is 12.2. The van der Waals surface area contributed by atoms with Gasteiger partial charge in [-0.05, 0) is 53.6 Å². The number of aromatic amines is 1. The van der Waals surface area contributed by atoms with Crippen LogP contribution in [0.2, 0.25) is 5.02 Å². The Morgan fingerprint density at radius 2 is 1.94 bits per heavy atom. The smallest absolute Gasteiger partial charge is 0.281 e. The third-order valence-corrected chi connectivity index (χ3v) is 6.94. The van der Waals surface area contributed by atoms with Crippen LogP contribution in [0.4, 0.5) is 0 Å². The molecule has 1 aliphatic rings. The number of amides is 1. The molecular weight excluding hydrogens is 476 g/mol. The maximum Gasteiger partial charge on any atom is 0.281 e. The monoisotopic (exact) mass is 504 g/mol. The normalized spacial score (nSPS) is 16.4. The van der Waals surface area contributed by atoms with Crippen molar-refractivity contribution < 1.29 is 4.79 Å². The van der Waals surface area contributed by atoms with Crippen LogP contribution in [0.1, 0.15) is 66.8 Å². The molecule has 36 heavy (non-hydrogen) atoms. The zero-order valence-electron chi connectivity index (χ0n) is 20.7. The van der Waals surface area contributed by atoms with E-state index in [1.807, 2.05) is 47.4 Å². The van der Waals surface area contributed by atoms with Crippen LogP contribution < -0.4 is 5.56 Å². The highest BCUT2D eigenvalue weighted by molar-refractivity contribution is 6.30. The van der Waals surface area contributed by atoms with E-state index < -0.39 is 0 Å². The number of H-pyrrole nitrogens is 1. The molecule has 0 unspecified atom stereocenters. The third-order valence-electron chi connectivity index (χ3n) is 6.71. The first kappa shape index (κ1) is 24.2. The highest BCUT2D eigenvalue weighted by Gasteiger charge is 2.28. The summed E-state index contributed by atoms with van der Waals surface area (Å²) in [6, 6.07) is 15.3. The predicted octanol–water partition coefficient (Wildman–Crippen LogP) is 4.53. The molecule has 5 rings (SSSR count). The summed E-state index contributed by atoms with van der Waals surface area (Å²) in [7, 11) is 0. The topological polar surface area (TPSA) is 96.8 Å². The summed E-state index contributed by atoms with van der Waals surface area (Å²) in [6.07, 6.45) is 1.66. The minimum absolute atomic E-state index is 0.00347. The average molecular weight is 505 g/mol. The molecule has 0 radical (unpaired) electrons. The summed E-state index contributed by atoms with van der Waals surface area (Å²) in [5.74, 6) is 0.474. The van der Waals surface area contributed by atoms with Crippen molar-refractivity contribution in [3.8, 4) is 0 Å². The molecule has 186 valence electrons. The van der Waals surface area contributed by atoms with Crippen LogP contribution in [-0.2, 0) is 12.0 Å². The Morgan fingerprint density at radius 1 is 1.17 bits per heavy atom. The van der Waals surface area contributed by atoms with Crippen LogP contribution in [0.25, 0.3) is 11.2 Å². The summed E-state index contributed by atoms with van der Waals surface area (Å²) in [5, 5.41) is 8.82. The summed E-state index contributed by atoms with van der Waals surface area (Å²) in [4.78, 5) is 35.6. The van der Waals surface area contributed by atoms with Gasteiger partial charge in [0.2, 0.25) is 0 Å². The molecule has 3 heterocycles. The van der Waals surface area contributed by atoms with Crippen molar-refractivity contribution in [2.45, 2.75) is 51.5 Å². The Morgan fingerprint density at radius 3 is 2.67 bits per heavy atom. The molecule has 2 aromatic heterocycles. The Bertz CT molecular complexity index is 1470. The maximum atomic E-state index is 13.3. The van der Waals surface area contributed by atoms with E-state index >= 15 is 0 Å². The number of likely N-dealkylation sites (tertiary alicyclic amines) is 1. The first-order chi connectivity index (χ1) is 17.2. The van der Waals surface area contributed by atoms with Crippen molar-refractivity contribution in [1.29, 1.82) is 0 Å². The fourth-order valence-corrected chi connectivity index (χ4v) is 4.88. The number of halogens is 1. The number of aromatic nitrogens is 5. The lowest BCUT2D eigenvalue weighted by Gasteiger charge is -2.32. The lowest BCUT2D eigenvalue weighted by atomic mass is 9.86. The minimum Gasteiger partial charge on any atom is -0.338 e. The number of rotatable bonds is 4. The van der Waals surface area contributed by atoms with Crippen molar-refractivity contribution in [2.24, 2.45) is 0 Å². The molecule has 0 saturated carbocycles. The van der Waals surface area contributed by atoms with Gasteiger partial charge in [0.05, 0.1) is 6.54 Å². The fourth-order valence-electron chi connectivity index (χ4n) is 4.67. The van der Waals surface area contributed by atoms with Gasteiger partial charge in [-0.3, -0.25) is 9.59 Å². The van der Waals surface area contributed by atoms with E-state index in [1.54, 1.807) is 10.7 Å². The van der Waals surface area contributed by atoms with E-state index in [0.29, 0.717) is 41.7 Å². The lowest BCUT2D eigenvalue weighted by Crippen LogP contribution is -2.40. The zero-order valence-corrected chi connectivity index (χ0v) is 21.4. The molecular formula is C27H29ClN6O2. The SMILES string of the molecule is CC(C)(C)c1ccc(C(=O)N2CCC[C@H](c3nc4c(nnn4Cc4cccc(Cl)c4)c(=O)[nH]3)C2)cc1. The number of piperidine rings is 1. The van der Waals surface area contributed by atoms with Crippen molar-refractivity contribution in [1.82, 2.24) is 29.9 Å². The molecule has 1 aliphatic heterocycles. The second kappa shape index (κ2) is 9.50. The summed E-state index contributed by atoms with van der Waals surface area (Å²) in [6.45, 7) is 8.02. The van der Waals surface area contributed by atoms with E-state index in [0.717, 1.165) is 18.4 Å². The van der Waals surface area contributed by atoms with E-state index in [1.165, 1.54) is 5.56 Å². The van der Waals surface area contributed by atoms with Crippen LogP contribution in [0.15, 0.2) is 53.3 Å². The number of nitrogens with zero attached hydrogens (tertiary/aromatic N) is 5. The van der Waals surface area contributed by atoms with Gasteiger partial charge in [0.25, 0.3) is 11.5 Å². The number of carbonyl (C=O) groups excluding carboxylic acids is 1. The maximum absolute atomic E-state index is 13.3. The lowest BCUT2D eigenvalue weighted by molar-refractivity contribution is 0.0704. The van der Waals surface area contributed by atoms with Crippen LogP contribution in [0, 0.1) is 0 Å². The van der Waals surface area contributed by atoms with Gasteiger partial charge in [-0.2, -0.15) is 0 Å². The first-order valence-corrected chi connectivity index (χ1v) is 12.5. The van der Waals surface area contributed by atoms with Crippen molar-refractivity contribution in [3.05, 3.63) is 86.4 Å². The van der Waals surface area contributed by atoms with Crippen molar-refractivity contribution >= 4 is 28.7 Å². The molecule has 0 aliphatic carbocycles. The van der Waals surface area contributed by atoms with Crippen LogP contribution in [0.3, 0.4) is 0 Å². The second-order valence-corrected chi connectivity index (χ2v) is 10.9. The number of hydrogen-bond acceptors (Lipinski definition) is 5. The molecule has 0 spiro atoms. The van der Waals surface area contributed by atoms with Gasteiger partial charge in [-0.15, -0.1) is 5.10 Å². The highest BCUT2D eigenvalue weighted by atomic mass is 35.5. The van der Waals surface area contributed by atoms with E-state index in [9.17, 15) is 9.59 Å². The van der Waals surface area contributed by atoms with E-state index in [2.05, 4.69) is 36.1 Å². The minimum atomic E-state index is -0.325. The number of hydrogen-bond donors (Lipinski definition) is 1. The van der Waals surface area contributed by atoms with Crippen LogP contribution in [0.5, 0.6) is 0 Å². The van der Waals surface area contributed by atoms with Gasteiger partial charge in [0, 0.05) is 29.6 Å². The number of benzene rings is 2. The van der Waals surface area contributed by atoms with Crippen LogP contribution in [-0.4, -0.2) is 48.9 Å². The van der Waals surface area contributed by atoms with Crippen molar-refractivity contribution in [2.75, 3.05) is 13.1 Å². The van der Waals surface area contributed by atoms with Gasteiger partial charge in [-0.1, -0.05) is 61.9 Å². The van der Waals surface area contributed by atoms with Gasteiger partial charge in [0.15, 0.2) is 11.2 Å². The van der Waals surface area contributed by atoms with E-state index in [-0.39, 0.29) is 28.3 Å². The predicted molar refractivity (Wildman–Crippen MR) is 140 cm³/mol. The Hall–Kier alpha value is -3.52. The standard InChI is InChI=1S/C27H29ClN6O2/c1-27(2,3)20-11-9-18(10-12-20)26(36)33-13-5-7-19(16-33)23-29-24-22(25(35)30-23)31-32-34(24)15-17-6-4-8-21(28)14-17/h4,6,8-12,14,19H,5,7,13,15-16H2,1-3H3,(H,29,30,35)/t19-/m0/s1. The molecule has 9 heteroatoms. The summed E-state index contributed by atoms with van der Waals surface area (Å²) in [5.41, 5.74) is 3.12. The van der Waals surface area contributed by atoms with Gasteiger partial charge < -0.3 is 9.88 Å². The van der Waals surface area contributed by atoms with Crippen molar-refractivity contribution in [3.63, 3.8) is 0 Å². The Kier molecular flexibility index (Phi) is 6.38. The van der Waals surface area contributed by atoms with E-state index in [4.69, 9.17) is 16.6 Å². The molecule has 1 amide bonds. The molecule has 8 nitrogen and oxygen atoms in total. The molecule has 4 aromatic rings. The average Bonchev–Trinajstić information content (AvgIpc) is 3.26. The zero-order chi connectivity index (χ0) is 25.4. The summed E-state index contributed by atoms with van der Waals surface area (Å²) < 4.78 is 1.61.